The lowest BCUT2D eigenvalue weighted by atomic mass is 10.2. The van der Waals surface area contributed by atoms with Crippen LogP contribution in [-0.2, 0) is 16.4 Å². The van der Waals surface area contributed by atoms with Crippen molar-refractivity contribution < 1.29 is 13.3 Å². The Labute approximate surface area is 170 Å². The highest BCUT2D eigenvalue weighted by atomic mass is 32.2. The molecule has 29 heavy (non-hydrogen) atoms. The molecule has 8 nitrogen and oxygen atoms in total. The molecule has 3 rings (SSSR count). The molecule has 0 aliphatic heterocycles. The van der Waals surface area contributed by atoms with Crippen molar-refractivity contribution in [2.24, 2.45) is 0 Å². The topological polar surface area (TPSA) is 115 Å². The number of rotatable bonds is 8. The monoisotopic (exact) mass is 418 g/mol. The van der Waals surface area contributed by atoms with E-state index in [9.17, 15) is 13.2 Å². The maximum absolute atomic E-state index is 13.3. The summed E-state index contributed by atoms with van der Waals surface area (Å²) in [7, 11) is -3.90. The number of fused-ring (bicyclic) bond motifs is 1. The number of benzene rings is 1. The molecule has 0 radical (unpaired) electrons. The van der Waals surface area contributed by atoms with Gasteiger partial charge in [-0.05, 0) is 32.9 Å². The van der Waals surface area contributed by atoms with E-state index in [-0.39, 0.29) is 26.5 Å². The molecule has 0 aliphatic carbocycles. The number of aromatic nitrogens is 3. The van der Waals surface area contributed by atoms with Gasteiger partial charge in [-0.25, -0.2) is 13.5 Å². The van der Waals surface area contributed by atoms with Gasteiger partial charge in [-0.2, -0.15) is 5.10 Å². The first-order valence-corrected chi connectivity index (χ1v) is 11.3. The molecule has 4 N–H and O–H groups in total. The first-order valence-electron chi connectivity index (χ1n) is 9.81. The van der Waals surface area contributed by atoms with Crippen molar-refractivity contribution in [3.05, 3.63) is 46.4 Å². The SMILES string of the molecule is CC[NH+](CC)CCCn1c(N)c(S(=O)(=O)c2ccc(C)cc2)c2cn[nH]c(=O)c21. The summed E-state index contributed by atoms with van der Waals surface area (Å²) in [6.07, 6.45) is 2.14. The normalized spacial score (nSPS) is 12.1. The number of anilines is 1. The fourth-order valence-corrected chi connectivity index (χ4v) is 5.20. The minimum absolute atomic E-state index is 0.0508. The summed E-state index contributed by atoms with van der Waals surface area (Å²) in [5.74, 6) is 0.0774. The largest absolute Gasteiger partial charge is 0.384 e. The van der Waals surface area contributed by atoms with Crippen molar-refractivity contribution in [2.75, 3.05) is 25.4 Å². The van der Waals surface area contributed by atoms with Crippen molar-refractivity contribution in [3.8, 4) is 0 Å². The van der Waals surface area contributed by atoms with Crippen LogP contribution in [0, 0.1) is 6.92 Å². The highest BCUT2D eigenvalue weighted by molar-refractivity contribution is 7.92. The van der Waals surface area contributed by atoms with E-state index in [2.05, 4.69) is 24.0 Å². The van der Waals surface area contributed by atoms with Crippen LogP contribution < -0.4 is 16.2 Å². The molecule has 0 bridgehead atoms. The van der Waals surface area contributed by atoms with E-state index in [1.807, 2.05) is 6.92 Å². The summed E-state index contributed by atoms with van der Waals surface area (Å²) in [6.45, 7) is 9.53. The van der Waals surface area contributed by atoms with E-state index in [4.69, 9.17) is 5.73 Å². The van der Waals surface area contributed by atoms with E-state index in [0.29, 0.717) is 6.54 Å². The van der Waals surface area contributed by atoms with Gasteiger partial charge in [-0.15, -0.1) is 0 Å². The second kappa shape index (κ2) is 8.38. The molecule has 0 atom stereocenters. The average Bonchev–Trinajstić information content (AvgIpc) is 2.99. The Morgan fingerprint density at radius 3 is 2.45 bits per heavy atom. The number of hydrogen-bond acceptors (Lipinski definition) is 5. The van der Waals surface area contributed by atoms with Gasteiger partial charge >= 0.3 is 0 Å². The number of sulfone groups is 1. The molecule has 2 aromatic heterocycles. The van der Waals surface area contributed by atoms with E-state index in [0.717, 1.165) is 31.6 Å². The molecule has 0 unspecified atom stereocenters. The quantitative estimate of drug-likeness (QED) is 0.500. The fraction of sp³-hybridized carbons (Fsp3) is 0.400. The third-order valence-electron chi connectivity index (χ3n) is 5.38. The molecule has 2 heterocycles. The molecule has 0 spiro atoms. The maximum Gasteiger partial charge on any atom is 0.288 e. The van der Waals surface area contributed by atoms with Crippen LogP contribution in [0.1, 0.15) is 25.8 Å². The zero-order chi connectivity index (χ0) is 21.2. The van der Waals surface area contributed by atoms with Crippen LogP contribution in [0.3, 0.4) is 0 Å². The van der Waals surface area contributed by atoms with E-state index in [1.54, 1.807) is 28.8 Å². The van der Waals surface area contributed by atoms with E-state index < -0.39 is 15.4 Å². The lowest BCUT2D eigenvalue weighted by Crippen LogP contribution is -3.11. The predicted molar refractivity (Wildman–Crippen MR) is 113 cm³/mol. The van der Waals surface area contributed by atoms with Gasteiger partial charge < -0.3 is 15.2 Å². The summed E-state index contributed by atoms with van der Waals surface area (Å²) in [4.78, 5) is 14.0. The summed E-state index contributed by atoms with van der Waals surface area (Å²) in [6, 6.07) is 6.58. The Bertz CT molecular complexity index is 1160. The average molecular weight is 419 g/mol. The number of nitrogen functional groups attached to an aromatic ring is 1. The molecule has 0 amide bonds. The van der Waals surface area contributed by atoms with Crippen molar-refractivity contribution >= 4 is 26.6 Å². The minimum atomic E-state index is -3.90. The molecule has 3 aromatic rings. The van der Waals surface area contributed by atoms with Crippen LogP contribution in [-0.4, -0.2) is 42.8 Å². The molecule has 9 heteroatoms. The Morgan fingerprint density at radius 2 is 1.83 bits per heavy atom. The van der Waals surface area contributed by atoms with Crippen LogP contribution in [0.25, 0.3) is 10.9 Å². The first kappa shape index (κ1) is 21.1. The zero-order valence-corrected chi connectivity index (χ0v) is 17.8. The van der Waals surface area contributed by atoms with Gasteiger partial charge in [0.2, 0.25) is 9.84 Å². The Morgan fingerprint density at radius 1 is 1.17 bits per heavy atom. The molecule has 0 saturated heterocycles. The van der Waals surface area contributed by atoms with Gasteiger partial charge in [0.25, 0.3) is 5.56 Å². The Kier molecular flexibility index (Phi) is 6.09. The van der Waals surface area contributed by atoms with E-state index in [1.165, 1.54) is 11.1 Å². The van der Waals surface area contributed by atoms with Crippen LogP contribution in [0.2, 0.25) is 0 Å². The Hall–Kier alpha value is -2.65. The number of hydrogen-bond donors (Lipinski definition) is 3. The Balaban J connectivity index is 2.12. The molecule has 156 valence electrons. The van der Waals surface area contributed by atoms with Gasteiger partial charge in [-0.1, -0.05) is 17.7 Å². The minimum Gasteiger partial charge on any atom is -0.384 e. The van der Waals surface area contributed by atoms with Crippen LogP contribution >= 0.6 is 0 Å². The van der Waals surface area contributed by atoms with Crippen molar-refractivity contribution in [2.45, 2.75) is 43.5 Å². The van der Waals surface area contributed by atoms with E-state index >= 15 is 0 Å². The highest BCUT2D eigenvalue weighted by Gasteiger charge is 2.29. The van der Waals surface area contributed by atoms with Gasteiger partial charge in [-0.3, -0.25) is 4.79 Å². The number of quaternary nitrogens is 1. The number of aryl methyl sites for hydroxylation is 2. The van der Waals surface area contributed by atoms with Crippen LogP contribution in [0.5, 0.6) is 0 Å². The standard InChI is InChI=1S/C20H27N5O3S/c1-4-24(5-2)11-6-12-25-17-16(13-22-23-20(17)26)18(19(25)21)29(27,28)15-9-7-14(3)8-10-15/h7-10,13H,4-6,11-12,21H2,1-3H3,(H,23,26)/p+1. The predicted octanol–water partition coefficient (Wildman–Crippen LogP) is 0.763. The molecular formula is C20H28N5O3S+. The van der Waals surface area contributed by atoms with Gasteiger partial charge in [0.1, 0.15) is 16.2 Å². The van der Waals surface area contributed by atoms with Gasteiger partial charge in [0, 0.05) is 18.4 Å². The lowest BCUT2D eigenvalue weighted by molar-refractivity contribution is -0.896. The fourth-order valence-electron chi connectivity index (χ4n) is 3.65. The zero-order valence-electron chi connectivity index (χ0n) is 17.0. The number of H-pyrrole nitrogens is 1. The number of aromatic amines is 1. The van der Waals surface area contributed by atoms with Crippen LogP contribution in [0.15, 0.2) is 45.0 Å². The molecular weight excluding hydrogens is 390 g/mol. The molecule has 0 saturated carbocycles. The van der Waals surface area contributed by atoms with Crippen LogP contribution in [0.4, 0.5) is 5.82 Å². The maximum atomic E-state index is 13.3. The lowest BCUT2D eigenvalue weighted by Gasteiger charge is -2.16. The molecule has 1 aromatic carbocycles. The van der Waals surface area contributed by atoms with Crippen molar-refractivity contribution in [1.29, 1.82) is 0 Å². The van der Waals surface area contributed by atoms with Crippen molar-refractivity contribution in [3.63, 3.8) is 0 Å². The van der Waals surface area contributed by atoms with Gasteiger partial charge in [0.05, 0.1) is 30.7 Å². The third-order valence-corrected chi connectivity index (χ3v) is 7.24. The number of nitrogens with two attached hydrogens (primary N) is 1. The number of nitrogens with zero attached hydrogens (tertiary/aromatic N) is 2. The summed E-state index contributed by atoms with van der Waals surface area (Å²) < 4.78 is 28.3. The smallest absolute Gasteiger partial charge is 0.288 e. The second-order valence-electron chi connectivity index (χ2n) is 7.20. The van der Waals surface area contributed by atoms with Crippen molar-refractivity contribution in [1.82, 2.24) is 14.8 Å². The number of nitrogens with one attached hydrogen (secondary N) is 2. The second-order valence-corrected chi connectivity index (χ2v) is 9.09. The summed E-state index contributed by atoms with van der Waals surface area (Å²) in [5.41, 5.74) is 7.07. The molecule has 0 aliphatic rings. The summed E-state index contributed by atoms with van der Waals surface area (Å²) >= 11 is 0. The first-order chi connectivity index (χ1) is 13.8. The highest BCUT2D eigenvalue weighted by Crippen LogP contribution is 2.34. The molecule has 0 fully saturated rings. The summed E-state index contributed by atoms with van der Waals surface area (Å²) in [5, 5.41) is 6.45. The third kappa shape index (κ3) is 3.92. The van der Waals surface area contributed by atoms with Gasteiger partial charge in [0.15, 0.2) is 0 Å².